The lowest BCUT2D eigenvalue weighted by molar-refractivity contribution is -0.142. The third-order valence-electron chi connectivity index (χ3n) is 6.36. The van der Waals surface area contributed by atoms with Gasteiger partial charge in [-0.15, -0.1) is 0 Å². The second-order valence-electron chi connectivity index (χ2n) is 10.0. The number of carboxylic acid groups (broad SMARTS) is 1. The van der Waals surface area contributed by atoms with Crippen LogP contribution < -0.4 is 21.7 Å². The highest BCUT2D eigenvalue weighted by Crippen LogP contribution is 2.12. The predicted octanol–water partition coefficient (Wildman–Crippen LogP) is 1.15. The number of H-pyrrole nitrogens is 1. The number of nitrogens with one attached hydrogen (secondary N) is 4. The van der Waals surface area contributed by atoms with Crippen molar-refractivity contribution in [3.8, 4) is 0 Å². The van der Waals surface area contributed by atoms with Crippen molar-refractivity contribution in [3.63, 3.8) is 0 Å². The lowest BCUT2D eigenvalue weighted by atomic mass is 9.96. The van der Waals surface area contributed by atoms with Crippen molar-refractivity contribution in [2.45, 2.75) is 77.5 Å². The average Bonchev–Trinajstić information content (AvgIpc) is 3.39. The summed E-state index contributed by atoms with van der Waals surface area (Å²) in [6, 6.07) is 5.09. The summed E-state index contributed by atoms with van der Waals surface area (Å²) in [4.78, 5) is 58.1. The Morgan fingerprint density at radius 2 is 1.61 bits per heavy atom. The van der Waals surface area contributed by atoms with Gasteiger partial charge in [-0.05, 0) is 23.8 Å². The fourth-order valence-electron chi connectivity index (χ4n) is 3.97. The fraction of sp³-hybridized carbons (Fsp3) is 0.519. The average molecular weight is 529 g/mol. The summed E-state index contributed by atoms with van der Waals surface area (Å²) in [5.74, 6) is -3.03. The van der Waals surface area contributed by atoms with Gasteiger partial charge >= 0.3 is 5.97 Å². The summed E-state index contributed by atoms with van der Waals surface area (Å²) < 4.78 is 0. The van der Waals surface area contributed by atoms with Gasteiger partial charge in [0.05, 0.1) is 12.4 Å². The number of aromatic nitrogens is 2. The Balaban J connectivity index is 2.21. The lowest BCUT2D eigenvalue weighted by Crippen LogP contribution is -2.59. The van der Waals surface area contributed by atoms with E-state index in [2.05, 4.69) is 25.9 Å². The first-order valence-electron chi connectivity index (χ1n) is 12.9. The van der Waals surface area contributed by atoms with Gasteiger partial charge in [0, 0.05) is 24.7 Å². The van der Waals surface area contributed by atoms with Crippen LogP contribution in [0, 0.1) is 11.8 Å². The summed E-state index contributed by atoms with van der Waals surface area (Å²) in [6.07, 6.45) is 4.25. The number of hydrogen-bond acceptors (Lipinski definition) is 6. The van der Waals surface area contributed by atoms with E-state index in [1.54, 1.807) is 6.20 Å². The Morgan fingerprint density at radius 3 is 2.16 bits per heavy atom. The van der Waals surface area contributed by atoms with E-state index < -0.39 is 47.9 Å². The molecule has 5 unspecified atom stereocenters. The van der Waals surface area contributed by atoms with Crippen LogP contribution in [0.15, 0.2) is 42.9 Å². The van der Waals surface area contributed by atoms with E-state index in [4.69, 9.17) is 5.73 Å². The quantitative estimate of drug-likeness (QED) is 0.201. The standard InChI is InChI=1S/C27H40N6O5/c1-5-17(4)23(33-24(34)20(28)13-19-14-29-15-30-19)26(36)31-21(12-18-9-7-6-8-10-18)25(35)32-22(27(37)38)11-16(2)3/h6-10,14-17,20-23H,5,11-13,28H2,1-4H3,(H,29,30)(H,31,36)(H,32,35)(H,33,34)(H,37,38). The third-order valence-corrected chi connectivity index (χ3v) is 6.36. The van der Waals surface area contributed by atoms with Gasteiger partial charge in [-0.2, -0.15) is 0 Å². The minimum absolute atomic E-state index is 0.0366. The smallest absolute Gasteiger partial charge is 0.326 e. The second kappa shape index (κ2) is 14.9. The van der Waals surface area contributed by atoms with Gasteiger partial charge in [0.2, 0.25) is 17.7 Å². The van der Waals surface area contributed by atoms with Gasteiger partial charge in [-0.1, -0.05) is 64.4 Å². The van der Waals surface area contributed by atoms with E-state index in [0.717, 1.165) is 5.56 Å². The number of rotatable bonds is 15. The van der Waals surface area contributed by atoms with Crippen LogP contribution in [0.1, 0.15) is 51.8 Å². The minimum Gasteiger partial charge on any atom is -0.480 e. The summed E-state index contributed by atoms with van der Waals surface area (Å²) in [7, 11) is 0. The van der Waals surface area contributed by atoms with E-state index >= 15 is 0 Å². The van der Waals surface area contributed by atoms with Crippen molar-refractivity contribution in [3.05, 3.63) is 54.1 Å². The molecule has 0 saturated carbocycles. The Kier molecular flexibility index (Phi) is 11.9. The van der Waals surface area contributed by atoms with Gasteiger partial charge in [0.25, 0.3) is 0 Å². The largest absolute Gasteiger partial charge is 0.480 e. The molecule has 11 nitrogen and oxygen atoms in total. The Bertz CT molecular complexity index is 1040. The molecule has 0 aliphatic rings. The third kappa shape index (κ3) is 9.62. The zero-order valence-corrected chi connectivity index (χ0v) is 22.4. The second-order valence-corrected chi connectivity index (χ2v) is 10.0. The number of benzene rings is 1. The SMILES string of the molecule is CCC(C)C(NC(=O)C(N)Cc1cnc[nH]1)C(=O)NC(Cc1ccccc1)C(=O)NC(CC(C)C)C(=O)O. The highest BCUT2D eigenvalue weighted by atomic mass is 16.4. The van der Waals surface area contributed by atoms with Crippen LogP contribution in [-0.4, -0.2) is 62.9 Å². The number of imidazole rings is 1. The first kappa shape index (κ1) is 30.5. The number of aliphatic carboxylic acids is 1. The maximum atomic E-state index is 13.4. The predicted molar refractivity (Wildman–Crippen MR) is 143 cm³/mol. The highest BCUT2D eigenvalue weighted by Gasteiger charge is 2.32. The number of carboxylic acids is 1. The maximum Gasteiger partial charge on any atom is 0.326 e. The monoisotopic (exact) mass is 528 g/mol. The minimum atomic E-state index is -1.15. The van der Waals surface area contributed by atoms with Gasteiger partial charge in [-0.25, -0.2) is 9.78 Å². The molecule has 1 aromatic carbocycles. The summed E-state index contributed by atoms with van der Waals surface area (Å²) in [5, 5.41) is 17.7. The number of nitrogens with zero attached hydrogens (tertiary/aromatic N) is 1. The van der Waals surface area contributed by atoms with Crippen LogP contribution >= 0.6 is 0 Å². The fourth-order valence-corrected chi connectivity index (χ4v) is 3.97. The Hall–Kier alpha value is -3.73. The number of carbonyl (C=O) groups is 4. The molecule has 3 amide bonds. The molecule has 1 aromatic heterocycles. The van der Waals surface area contributed by atoms with E-state index in [0.29, 0.717) is 12.1 Å². The highest BCUT2D eigenvalue weighted by molar-refractivity contribution is 5.94. The summed E-state index contributed by atoms with van der Waals surface area (Å²) in [5.41, 5.74) is 7.53. The van der Waals surface area contributed by atoms with Gasteiger partial charge in [0.1, 0.15) is 18.1 Å². The molecule has 5 atom stereocenters. The normalized spacial score (nSPS) is 15.1. The first-order valence-corrected chi connectivity index (χ1v) is 12.9. The molecule has 0 saturated heterocycles. The molecule has 11 heteroatoms. The maximum absolute atomic E-state index is 13.4. The number of aromatic amines is 1. The summed E-state index contributed by atoms with van der Waals surface area (Å²) in [6.45, 7) is 7.43. The molecule has 38 heavy (non-hydrogen) atoms. The van der Waals surface area contributed by atoms with Crippen molar-refractivity contribution >= 4 is 23.7 Å². The van der Waals surface area contributed by atoms with Crippen molar-refractivity contribution in [2.24, 2.45) is 17.6 Å². The Labute approximate surface area is 223 Å². The number of amides is 3. The van der Waals surface area contributed by atoms with Crippen molar-refractivity contribution in [1.29, 1.82) is 0 Å². The molecule has 0 spiro atoms. The first-order chi connectivity index (χ1) is 18.0. The van der Waals surface area contributed by atoms with Crippen LogP contribution in [0.25, 0.3) is 0 Å². The molecule has 0 radical (unpaired) electrons. The topological polar surface area (TPSA) is 179 Å². The molecule has 2 aromatic rings. The summed E-state index contributed by atoms with van der Waals surface area (Å²) >= 11 is 0. The Morgan fingerprint density at radius 1 is 0.947 bits per heavy atom. The van der Waals surface area contributed by atoms with Crippen LogP contribution in [-0.2, 0) is 32.0 Å². The molecule has 2 rings (SSSR count). The molecular weight excluding hydrogens is 488 g/mol. The van der Waals surface area contributed by atoms with Crippen LogP contribution in [0.5, 0.6) is 0 Å². The molecule has 0 aliphatic carbocycles. The molecule has 0 bridgehead atoms. The number of hydrogen-bond donors (Lipinski definition) is 6. The van der Waals surface area contributed by atoms with Crippen molar-refractivity contribution in [1.82, 2.24) is 25.9 Å². The lowest BCUT2D eigenvalue weighted by Gasteiger charge is -2.28. The van der Waals surface area contributed by atoms with E-state index in [1.165, 1.54) is 6.33 Å². The van der Waals surface area contributed by atoms with Gasteiger partial charge in [0.15, 0.2) is 0 Å². The van der Waals surface area contributed by atoms with Crippen molar-refractivity contribution in [2.75, 3.05) is 0 Å². The van der Waals surface area contributed by atoms with Gasteiger partial charge < -0.3 is 31.8 Å². The molecule has 1 heterocycles. The molecule has 0 fully saturated rings. The zero-order chi connectivity index (χ0) is 28.2. The van der Waals surface area contributed by atoms with E-state index in [9.17, 15) is 24.3 Å². The van der Waals surface area contributed by atoms with E-state index in [1.807, 2.05) is 58.0 Å². The van der Waals surface area contributed by atoms with Crippen LogP contribution in [0.2, 0.25) is 0 Å². The molecule has 0 aliphatic heterocycles. The van der Waals surface area contributed by atoms with Crippen LogP contribution in [0.4, 0.5) is 0 Å². The molecule has 7 N–H and O–H groups in total. The van der Waals surface area contributed by atoms with E-state index in [-0.39, 0.29) is 31.1 Å². The number of carbonyl (C=O) groups excluding carboxylic acids is 3. The van der Waals surface area contributed by atoms with Crippen LogP contribution in [0.3, 0.4) is 0 Å². The zero-order valence-electron chi connectivity index (χ0n) is 22.4. The molecular formula is C27H40N6O5. The van der Waals surface area contributed by atoms with Crippen molar-refractivity contribution < 1.29 is 24.3 Å². The van der Waals surface area contributed by atoms with Gasteiger partial charge in [-0.3, -0.25) is 14.4 Å². The number of nitrogens with two attached hydrogens (primary N) is 1. The molecule has 208 valence electrons.